The second-order valence-corrected chi connectivity index (χ2v) is 11.6. The molecular weight excluding hydrogens is 452 g/mol. The summed E-state index contributed by atoms with van der Waals surface area (Å²) in [6, 6.07) is 11.7. The highest BCUT2D eigenvalue weighted by atomic mass is 16.6. The SMILES string of the molecule is CCCCCCCCCCN(COC(C)(C)C)c1c(N(O)C(=O)OC(C)(C)C)ccc2ccccc12. The van der Waals surface area contributed by atoms with Crippen molar-refractivity contribution in [2.45, 2.75) is 111 Å². The number of hydroxylamine groups is 1. The van der Waals surface area contributed by atoms with Crippen LogP contribution < -0.4 is 9.96 Å². The van der Waals surface area contributed by atoms with Crippen LogP contribution in [0, 0.1) is 0 Å². The Bertz CT molecular complexity index is 946. The number of amides is 1. The van der Waals surface area contributed by atoms with Gasteiger partial charge >= 0.3 is 6.09 Å². The smallest absolute Gasteiger partial charge is 0.439 e. The summed E-state index contributed by atoms with van der Waals surface area (Å²) in [4.78, 5) is 14.9. The van der Waals surface area contributed by atoms with Crippen LogP contribution in [0.25, 0.3) is 10.8 Å². The van der Waals surface area contributed by atoms with Crippen molar-refractivity contribution >= 4 is 28.2 Å². The number of rotatable bonds is 13. The minimum atomic E-state index is -0.803. The number of hydrogen-bond donors (Lipinski definition) is 1. The van der Waals surface area contributed by atoms with E-state index in [1.54, 1.807) is 26.8 Å². The predicted octanol–water partition coefficient (Wildman–Crippen LogP) is 8.69. The third-order valence-corrected chi connectivity index (χ3v) is 5.93. The molecule has 0 radical (unpaired) electrons. The van der Waals surface area contributed by atoms with Crippen molar-refractivity contribution in [2.75, 3.05) is 23.2 Å². The summed E-state index contributed by atoms with van der Waals surface area (Å²) in [5.74, 6) is 0. The lowest BCUT2D eigenvalue weighted by molar-refractivity contribution is -0.00242. The van der Waals surface area contributed by atoms with Crippen LogP contribution in [0.4, 0.5) is 16.2 Å². The van der Waals surface area contributed by atoms with Gasteiger partial charge in [0, 0.05) is 11.9 Å². The van der Waals surface area contributed by atoms with E-state index < -0.39 is 11.7 Å². The number of carbonyl (C=O) groups is 1. The molecule has 0 aliphatic heterocycles. The maximum absolute atomic E-state index is 12.8. The van der Waals surface area contributed by atoms with E-state index in [9.17, 15) is 10.0 Å². The van der Waals surface area contributed by atoms with Gasteiger partial charge in [0.05, 0.1) is 11.3 Å². The number of carbonyl (C=O) groups excluding carboxylic acids is 1. The van der Waals surface area contributed by atoms with Gasteiger partial charge < -0.3 is 14.4 Å². The fraction of sp³-hybridized carbons (Fsp3) is 0.633. The zero-order valence-corrected chi connectivity index (χ0v) is 23.6. The molecule has 0 unspecified atom stereocenters. The second-order valence-electron chi connectivity index (χ2n) is 11.6. The average Bonchev–Trinajstić information content (AvgIpc) is 2.80. The largest absolute Gasteiger partial charge is 0.442 e. The first-order valence-electron chi connectivity index (χ1n) is 13.6. The molecule has 0 aliphatic carbocycles. The van der Waals surface area contributed by atoms with Crippen LogP contribution in [0.1, 0.15) is 99.8 Å². The minimum Gasteiger partial charge on any atom is -0.442 e. The Morgan fingerprint density at radius 3 is 2.06 bits per heavy atom. The molecule has 0 bridgehead atoms. The molecule has 6 nitrogen and oxygen atoms in total. The molecule has 2 aromatic carbocycles. The molecule has 36 heavy (non-hydrogen) atoms. The molecule has 0 fully saturated rings. The number of anilines is 2. The van der Waals surface area contributed by atoms with E-state index in [2.05, 4.69) is 11.8 Å². The van der Waals surface area contributed by atoms with E-state index in [0.29, 0.717) is 17.5 Å². The molecule has 202 valence electrons. The van der Waals surface area contributed by atoms with E-state index in [0.717, 1.165) is 35.8 Å². The van der Waals surface area contributed by atoms with E-state index in [1.165, 1.54) is 38.5 Å². The summed E-state index contributed by atoms with van der Waals surface area (Å²) in [7, 11) is 0. The first-order valence-corrected chi connectivity index (χ1v) is 13.6. The predicted molar refractivity (Wildman–Crippen MR) is 150 cm³/mol. The molecule has 1 amide bonds. The van der Waals surface area contributed by atoms with Crippen molar-refractivity contribution in [1.29, 1.82) is 0 Å². The number of fused-ring (bicyclic) bond motifs is 1. The quantitative estimate of drug-likeness (QED) is 0.129. The Kier molecular flexibility index (Phi) is 11.5. The zero-order chi connectivity index (χ0) is 26.8. The minimum absolute atomic E-state index is 0.327. The summed E-state index contributed by atoms with van der Waals surface area (Å²) in [6.45, 7) is 14.8. The highest BCUT2D eigenvalue weighted by Crippen LogP contribution is 2.38. The number of benzene rings is 2. The molecule has 0 aliphatic rings. The fourth-order valence-electron chi connectivity index (χ4n) is 4.10. The lowest BCUT2D eigenvalue weighted by atomic mass is 10.0. The molecule has 2 rings (SSSR count). The maximum atomic E-state index is 12.8. The Morgan fingerprint density at radius 2 is 1.44 bits per heavy atom. The summed E-state index contributed by atoms with van der Waals surface area (Å²) in [5, 5.41) is 13.6. The molecule has 0 spiro atoms. The summed E-state index contributed by atoms with van der Waals surface area (Å²) >= 11 is 0. The number of hydrogen-bond acceptors (Lipinski definition) is 5. The number of ether oxygens (including phenoxy) is 2. The summed E-state index contributed by atoms with van der Waals surface area (Å²) < 4.78 is 11.7. The van der Waals surface area contributed by atoms with Gasteiger partial charge in [-0.05, 0) is 59.4 Å². The topological polar surface area (TPSA) is 62.2 Å². The first-order chi connectivity index (χ1) is 16.9. The Hall–Kier alpha value is -2.31. The van der Waals surface area contributed by atoms with E-state index in [4.69, 9.17) is 9.47 Å². The van der Waals surface area contributed by atoms with E-state index in [-0.39, 0.29) is 5.60 Å². The van der Waals surface area contributed by atoms with Gasteiger partial charge in [0.2, 0.25) is 0 Å². The van der Waals surface area contributed by atoms with Gasteiger partial charge in [-0.3, -0.25) is 5.21 Å². The third kappa shape index (κ3) is 9.98. The summed E-state index contributed by atoms with van der Waals surface area (Å²) in [6.07, 6.45) is 9.01. The Morgan fingerprint density at radius 1 is 0.833 bits per heavy atom. The van der Waals surface area contributed by atoms with Crippen LogP contribution >= 0.6 is 0 Å². The zero-order valence-electron chi connectivity index (χ0n) is 23.6. The van der Waals surface area contributed by atoms with Gasteiger partial charge in [-0.25, -0.2) is 4.79 Å². The molecule has 2 aromatic rings. The lowest BCUT2D eigenvalue weighted by Crippen LogP contribution is -2.37. The van der Waals surface area contributed by atoms with Gasteiger partial charge in [-0.2, -0.15) is 5.06 Å². The monoisotopic (exact) mass is 500 g/mol. The van der Waals surface area contributed by atoms with Gasteiger partial charge in [-0.15, -0.1) is 0 Å². The van der Waals surface area contributed by atoms with Gasteiger partial charge in [0.25, 0.3) is 0 Å². The normalized spacial score (nSPS) is 12.1. The van der Waals surface area contributed by atoms with Crippen LogP contribution in [0.15, 0.2) is 36.4 Å². The van der Waals surface area contributed by atoms with Crippen molar-refractivity contribution in [3.8, 4) is 0 Å². The van der Waals surface area contributed by atoms with Crippen molar-refractivity contribution in [2.24, 2.45) is 0 Å². The van der Waals surface area contributed by atoms with Crippen molar-refractivity contribution < 1.29 is 19.5 Å². The third-order valence-electron chi connectivity index (χ3n) is 5.93. The molecule has 0 aromatic heterocycles. The Labute approximate surface area is 218 Å². The number of nitrogens with zero attached hydrogens (tertiary/aromatic N) is 2. The van der Waals surface area contributed by atoms with Gasteiger partial charge in [0.15, 0.2) is 0 Å². The van der Waals surface area contributed by atoms with Crippen molar-refractivity contribution in [3.05, 3.63) is 36.4 Å². The van der Waals surface area contributed by atoms with E-state index >= 15 is 0 Å². The van der Waals surface area contributed by atoms with Crippen LogP contribution in [-0.2, 0) is 9.47 Å². The van der Waals surface area contributed by atoms with E-state index in [1.807, 2.05) is 51.1 Å². The van der Waals surface area contributed by atoms with Crippen LogP contribution in [0.2, 0.25) is 0 Å². The molecule has 6 heteroatoms. The number of unbranched alkanes of at least 4 members (excludes halogenated alkanes) is 7. The van der Waals surface area contributed by atoms with Crippen LogP contribution in [0.3, 0.4) is 0 Å². The van der Waals surface area contributed by atoms with Gasteiger partial charge in [0.1, 0.15) is 18.0 Å². The maximum Gasteiger partial charge on any atom is 0.439 e. The highest BCUT2D eigenvalue weighted by molar-refractivity contribution is 6.04. The molecule has 0 atom stereocenters. The standard InChI is InChI=1S/C30H48N2O4/c1-8-9-10-11-12-13-14-17-22-31(23-35-29(2,3)4)27-25-19-16-15-18-24(25)20-21-26(27)32(34)28(33)36-30(5,6)7/h15-16,18-21,34H,8-14,17,22-23H2,1-7H3. The molecule has 0 saturated carbocycles. The van der Waals surface area contributed by atoms with Crippen molar-refractivity contribution in [3.63, 3.8) is 0 Å². The molecule has 0 saturated heterocycles. The fourth-order valence-corrected chi connectivity index (χ4v) is 4.10. The van der Waals surface area contributed by atoms with Crippen LogP contribution in [-0.4, -0.2) is 35.8 Å². The second kappa shape index (κ2) is 13.8. The first kappa shape index (κ1) is 29.9. The van der Waals surface area contributed by atoms with Crippen molar-refractivity contribution in [1.82, 2.24) is 0 Å². The van der Waals surface area contributed by atoms with Gasteiger partial charge in [-0.1, -0.05) is 82.2 Å². The summed E-state index contributed by atoms with van der Waals surface area (Å²) in [5.41, 5.74) is 0.113. The highest BCUT2D eigenvalue weighted by Gasteiger charge is 2.27. The molecular formula is C30H48N2O4. The van der Waals surface area contributed by atoms with Crippen LogP contribution in [0.5, 0.6) is 0 Å². The Balaban J connectivity index is 2.33. The lowest BCUT2D eigenvalue weighted by Gasteiger charge is -2.33. The molecule has 0 heterocycles. The molecule has 1 N–H and O–H groups in total. The average molecular weight is 501 g/mol.